The van der Waals surface area contributed by atoms with Crippen LogP contribution in [0.15, 0.2) is 30.3 Å². The highest BCUT2D eigenvalue weighted by atomic mass is 16.5. The maximum absolute atomic E-state index is 13.2. The van der Waals surface area contributed by atoms with Crippen molar-refractivity contribution in [2.75, 3.05) is 13.7 Å². The summed E-state index contributed by atoms with van der Waals surface area (Å²) in [6.07, 6.45) is 8.29. The molecule has 0 unspecified atom stereocenters. The predicted octanol–water partition coefficient (Wildman–Crippen LogP) is 4.27. The van der Waals surface area contributed by atoms with Crippen LogP contribution in [0.1, 0.15) is 57.4 Å². The Morgan fingerprint density at radius 1 is 1.12 bits per heavy atom. The first-order chi connectivity index (χ1) is 12.1. The fourth-order valence-corrected chi connectivity index (χ4v) is 6.31. The van der Waals surface area contributed by atoms with Crippen LogP contribution >= 0.6 is 0 Å². The highest BCUT2D eigenvalue weighted by molar-refractivity contribution is 5.83. The summed E-state index contributed by atoms with van der Waals surface area (Å²) in [7, 11) is 1.76. The minimum absolute atomic E-state index is 0.0847. The third-order valence-corrected chi connectivity index (χ3v) is 7.32. The SMILES string of the molecule is CC[C@@](CNC(=O)C12CC3CC(CC(C3)C1)C2)(OC)c1ccccc1. The number of methoxy groups -OCH3 is 1. The summed E-state index contributed by atoms with van der Waals surface area (Å²) in [5, 5.41) is 3.32. The van der Waals surface area contributed by atoms with Crippen molar-refractivity contribution in [3.63, 3.8) is 0 Å². The molecule has 1 atom stereocenters. The molecule has 25 heavy (non-hydrogen) atoms. The van der Waals surface area contributed by atoms with Crippen LogP contribution < -0.4 is 5.32 Å². The molecular weight excluding hydrogens is 310 g/mol. The van der Waals surface area contributed by atoms with Crippen LogP contribution in [-0.2, 0) is 15.1 Å². The molecule has 1 aromatic rings. The van der Waals surface area contributed by atoms with E-state index >= 15 is 0 Å². The molecule has 1 amide bonds. The summed E-state index contributed by atoms with van der Waals surface area (Å²) < 4.78 is 5.93. The Bertz CT molecular complexity index is 585. The molecule has 4 saturated carbocycles. The summed E-state index contributed by atoms with van der Waals surface area (Å²) in [6, 6.07) is 10.3. The zero-order valence-electron chi connectivity index (χ0n) is 15.6. The Morgan fingerprint density at radius 3 is 2.16 bits per heavy atom. The first-order valence-corrected chi connectivity index (χ1v) is 9.98. The van der Waals surface area contributed by atoms with E-state index < -0.39 is 5.60 Å². The largest absolute Gasteiger partial charge is 0.372 e. The van der Waals surface area contributed by atoms with Crippen molar-refractivity contribution in [3.8, 4) is 0 Å². The molecule has 0 heterocycles. The molecular formula is C22H31NO2. The number of ether oxygens (including phenoxy) is 1. The summed E-state index contributed by atoms with van der Waals surface area (Å²) in [5.74, 6) is 2.68. The average Bonchev–Trinajstić information content (AvgIpc) is 2.62. The van der Waals surface area contributed by atoms with Gasteiger partial charge in [-0.15, -0.1) is 0 Å². The van der Waals surface area contributed by atoms with Gasteiger partial charge in [-0.3, -0.25) is 4.79 Å². The van der Waals surface area contributed by atoms with Crippen molar-refractivity contribution in [2.24, 2.45) is 23.2 Å². The number of rotatable bonds is 6. The van der Waals surface area contributed by atoms with Gasteiger partial charge in [0.15, 0.2) is 0 Å². The van der Waals surface area contributed by atoms with Crippen molar-refractivity contribution in [2.45, 2.75) is 57.5 Å². The van der Waals surface area contributed by atoms with E-state index in [1.807, 2.05) is 18.2 Å². The molecule has 1 aromatic carbocycles. The topological polar surface area (TPSA) is 38.3 Å². The predicted molar refractivity (Wildman–Crippen MR) is 99.0 cm³/mol. The molecule has 5 rings (SSSR count). The van der Waals surface area contributed by atoms with Crippen molar-refractivity contribution >= 4 is 5.91 Å². The van der Waals surface area contributed by atoms with Gasteiger partial charge in [0.25, 0.3) is 0 Å². The zero-order chi connectivity index (χ0) is 17.5. The van der Waals surface area contributed by atoms with Gasteiger partial charge in [-0.2, -0.15) is 0 Å². The molecule has 0 radical (unpaired) electrons. The van der Waals surface area contributed by atoms with Crippen LogP contribution in [0.4, 0.5) is 0 Å². The third-order valence-electron chi connectivity index (χ3n) is 7.32. The second kappa shape index (κ2) is 6.42. The molecule has 3 heteroatoms. The van der Waals surface area contributed by atoms with Crippen LogP contribution in [0.5, 0.6) is 0 Å². The van der Waals surface area contributed by atoms with Crippen molar-refractivity contribution in [1.82, 2.24) is 5.32 Å². The van der Waals surface area contributed by atoms with Crippen LogP contribution in [0.25, 0.3) is 0 Å². The standard InChI is InChI=1S/C22H31NO2/c1-3-22(25-2,19-7-5-4-6-8-19)15-23-20(24)21-12-16-9-17(13-21)11-18(10-16)14-21/h4-8,16-18H,3,9-15H2,1-2H3,(H,23,24)/t16?,17?,18?,21?,22-/m0/s1. The first-order valence-electron chi connectivity index (χ1n) is 9.98. The Hall–Kier alpha value is -1.35. The maximum Gasteiger partial charge on any atom is 0.226 e. The van der Waals surface area contributed by atoms with Gasteiger partial charge in [-0.05, 0) is 68.3 Å². The minimum Gasteiger partial charge on any atom is -0.372 e. The molecule has 0 aromatic heterocycles. The van der Waals surface area contributed by atoms with Gasteiger partial charge >= 0.3 is 0 Å². The average molecular weight is 341 g/mol. The smallest absolute Gasteiger partial charge is 0.226 e. The Labute approximate surface area is 151 Å². The number of nitrogens with one attached hydrogen (secondary N) is 1. The van der Waals surface area contributed by atoms with E-state index in [4.69, 9.17) is 4.74 Å². The van der Waals surface area contributed by atoms with Gasteiger partial charge in [0, 0.05) is 12.5 Å². The Morgan fingerprint density at radius 2 is 1.68 bits per heavy atom. The maximum atomic E-state index is 13.2. The fraction of sp³-hybridized carbons (Fsp3) is 0.682. The van der Waals surface area contributed by atoms with Crippen molar-refractivity contribution in [1.29, 1.82) is 0 Å². The Kier molecular flexibility index (Phi) is 4.39. The number of benzene rings is 1. The monoisotopic (exact) mass is 341 g/mol. The van der Waals surface area contributed by atoms with Gasteiger partial charge in [-0.25, -0.2) is 0 Å². The highest BCUT2D eigenvalue weighted by Gasteiger charge is 2.54. The second-order valence-electron chi connectivity index (χ2n) is 8.80. The minimum atomic E-state index is -0.431. The van der Waals surface area contributed by atoms with Crippen molar-refractivity contribution in [3.05, 3.63) is 35.9 Å². The lowest BCUT2D eigenvalue weighted by atomic mass is 9.49. The molecule has 4 aliphatic carbocycles. The summed E-state index contributed by atoms with van der Waals surface area (Å²) in [4.78, 5) is 13.2. The summed E-state index contributed by atoms with van der Waals surface area (Å²) in [5.41, 5.74) is 0.628. The number of hydrogen-bond donors (Lipinski definition) is 1. The molecule has 4 fully saturated rings. The number of hydrogen-bond acceptors (Lipinski definition) is 2. The quantitative estimate of drug-likeness (QED) is 0.839. The van der Waals surface area contributed by atoms with Gasteiger partial charge < -0.3 is 10.1 Å². The molecule has 0 saturated heterocycles. The second-order valence-corrected chi connectivity index (χ2v) is 8.80. The van der Waals surface area contributed by atoms with E-state index in [1.54, 1.807) is 7.11 Å². The number of carbonyl (C=O) groups excluding carboxylic acids is 1. The van der Waals surface area contributed by atoms with E-state index in [2.05, 4.69) is 24.4 Å². The third kappa shape index (κ3) is 2.91. The fourth-order valence-electron chi connectivity index (χ4n) is 6.31. The van der Waals surface area contributed by atoms with Gasteiger partial charge in [0.05, 0.1) is 6.54 Å². The lowest BCUT2D eigenvalue weighted by molar-refractivity contribution is -0.148. The molecule has 0 spiro atoms. The molecule has 4 aliphatic rings. The molecule has 0 aliphatic heterocycles. The first kappa shape index (κ1) is 17.1. The highest BCUT2D eigenvalue weighted by Crippen LogP contribution is 2.60. The lowest BCUT2D eigenvalue weighted by Gasteiger charge is -2.55. The van der Waals surface area contributed by atoms with Gasteiger partial charge in [0.2, 0.25) is 5.91 Å². The van der Waals surface area contributed by atoms with Gasteiger partial charge in [-0.1, -0.05) is 37.3 Å². The van der Waals surface area contributed by atoms with Crippen molar-refractivity contribution < 1.29 is 9.53 Å². The van der Waals surface area contributed by atoms with Crippen LogP contribution in [-0.4, -0.2) is 19.6 Å². The van der Waals surface area contributed by atoms with E-state index in [9.17, 15) is 4.79 Å². The molecule has 4 bridgehead atoms. The Balaban J connectivity index is 1.49. The van der Waals surface area contributed by atoms with E-state index in [0.29, 0.717) is 6.54 Å². The van der Waals surface area contributed by atoms with E-state index in [-0.39, 0.29) is 11.3 Å². The molecule has 3 nitrogen and oxygen atoms in total. The number of amides is 1. The van der Waals surface area contributed by atoms with E-state index in [0.717, 1.165) is 49.0 Å². The van der Waals surface area contributed by atoms with Crippen LogP contribution in [0.2, 0.25) is 0 Å². The summed E-state index contributed by atoms with van der Waals surface area (Å²) in [6.45, 7) is 2.69. The molecule has 1 N–H and O–H groups in total. The summed E-state index contributed by atoms with van der Waals surface area (Å²) >= 11 is 0. The van der Waals surface area contributed by atoms with Crippen LogP contribution in [0.3, 0.4) is 0 Å². The van der Waals surface area contributed by atoms with Crippen LogP contribution in [0, 0.1) is 23.2 Å². The normalized spacial score (nSPS) is 35.4. The van der Waals surface area contributed by atoms with E-state index in [1.165, 1.54) is 19.3 Å². The zero-order valence-corrected chi connectivity index (χ0v) is 15.6. The van der Waals surface area contributed by atoms with Gasteiger partial charge in [0.1, 0.15) is 5.60 Å². The molecule has 136 valence electrons. The lowest BCUT2D eigenvalue weighted by Crippen LogP contribution is -2.55. The number of carbonyl (C=O) groups is 1.